The highest BCUT2D eigenvalue weighted by Gasteiger charge is 2.15. The first-order valence-electron chi connectivity index (χ1n) is 4.47. The summed E-state index contributed by atoms with van der Waals surface area (Å²) < 4.78 is 1.48. The standard InChI is InChI=1S/C10H7N5O2/c1-15-3-7(9(16)13-5-11)2-8(4-15)10(17)14-6-12/h2-4H,1H3,(H-,13,14,16,17)/p+1. The van der Waals surface area contributed by atoms with Crippen LogP contribution >= 0.6 is 0 Å². The van der Waals surface area contributed by atoms with E-state index in [1.54, 1.807) is 7.05 Å². The van der Waals surface area contributed by atoms with Gasteiger partial charge in [-0.25, -0.2) is 4.57 Å². The maximum atomic E-state index is 11.4. The van der Waals surface area contributed by atoms with E-state index in [1.165, 1.54) is 35.4 Å². The quantitative estimate of drug-likeness (QED) is 0.383. The first kappa shape index (κ1) is 12.1. The van der Waals surface area contributed by atoms with E-state index in [0.717, 1.165) is 0 Å². The van der Waals surface area contributed by atoms with Crippen molar-refractivity contribution in [1.82, 2.24) is 10.6 Å². The molecule has 84 valence electrons. The summed E-state index contributed by atoms with van der Waals surface area (Å²) in [6.07, 6.45) is 5.90. The number of carbonyl (C=O) groups excluding carboxylic acids is 2. The highest BCUT2D eigenvalue weighted by molar-refractivity contribution is 5.99. The fraction of sp³-hybridized carbons (Fsp3) is 0.100. The van der Waals surface area contributed by atoms with Crippen LogP contribution in [0.3, 0.4) is 0 Å². The van der Waals surface area contributed by atoms with Gasteiger partial charge in [0.05, 0.1) is 0 Å². The van der Waals surface area contributed by atoms with Gasteiger partial charge in [-0.2, -0.15) is 10.5 Å². The van der Waals surface area contributed by atoms with Crippen molar-refractivity contribution >= 4 is 11.8 Å². The fourth-order valence-corrected chi connectivity index (χ4v) is 1.21. The van der Waals surface area contributed by atoms with Crippen LogP contribution in [0.25, 0.3) is 0 Å². The van der Waals surface area contributed by atoms with Crippen LogP contribution < -0.4 is 15.2 Å². The van der Waals surface area contributed by atoms with Crippen molar-refractivity contribution in [2.75, 3.05) is 0 Å². The van der Waals surface area contributed by atoms with E-state index in [0.29, 0.717) is 0 Å². The predicted octanol–water partition coefficient (Wildman–Crippen LogP) is -1.07. The number of carbonyl (C=O) groups is 2. The van der Waals surface area contributed by atoms with E-state index in [1.807, 2.05) is 10.6 Å². The molecule has 0 saturated heterocycles. The number of nitriles is 2. The van der Waals surface area contributed by atoms with Crippen molar-refractivity contribution in [1.29, 1.82) is 10.5 Å². The maximum absolute atomic E-state index is 11.4. The Kier molecular flexibility index (Phi) is 3.74. The van der Waals surface area contributed by atoms with Crippen molar-refractivity contribution in [2.45, 2.75) is 0 Å². The first-order valence-corrected chi connectivity index (χ1v) is 4.47. The molecule has 0 saturated carbocycles. The van der Waals surface area contributed by atoms with Crippen LogP contribution in [0.4, 0.5) is 0 Å². The minimum absolute atomic E-state index is 0.152. The molecule has 0 aromatic carbocycles. The van der Waals surface area contributed by atoms with E-state index in [2.05, 4.69) is 0 Å². The van der Waals surface area contributed by atoms with Gasteiger partial charge in [0.1, 0.15) is 18.2 Å². The summed E-state index contributed by atoms with van der Waals surface area (Å²) in [6, 6.07) is 1.29. The fourth-order valence-electron chi connectivity index (χ4n) is 1.21. The normalized spacial score (nSPS) is 8.65. The van der Waals surface area contributed by atoms with Gasteiger partial charge in [-0.05, 0) is 6.07 Å². The van der Waals surface area contributed by atoms with Gasteiger partial charge in [-0.1, -0.05) is 0 Å². The summed E-state index contributed by atoms with van der Waals surface area (Å²) in [4.78, 5) is 22.8. The Morgan fingerprint density at radius 3 is 1.88 bits per heavy atom. The van der Waals surface area contributed by atoms with Crippen LogP contribution in [-0.2, 0) is 7.05 Å². The van der Waals surface area contributed by atoms with Crippen LogP contribution in [-0.4, -0.2) is 11.8 Å². The first-order chi connectivity index (χ1) is 8.08. The molecule has 0 aliphatic carbocycles. The van der Waals surface area contributed by atoms with Gasteiger partial charge >= 0.3 is 0 Å². The number of hydrogen-bond acceptors (Lipinski definition) is 4. The van der Waals surface area contributed by atoms with Crippen molar-refractivity contribution in [2.24, 2.45) is 7.05 Å². The third kappa shape index (κ3) is 3.01. The van der Waals surface area contributed by atoms with Crippen molar-refractivity contribution in [3.63, 3.8) is 0 Å². The molecule has 2 N–H and O–H groups in total. The van der Waals surface area contributed by atoms with Crippen LogP contribution in [0.5, 0.6) is 0 Å². The largest absolute Gasteiger partial charge is 0.270 e. The molecule has 0 bridgehead atoms. The summed E-state index contributed by atoms with van der Waals surface area (Å²) in [5, 5.41) is 20.5. The lowest BCUT2D eigenvalue weighted by Gasteiger charge is -2.00. The van der Waals surface area contributed by atoms with Crippen molar-refractivity contribution < 1.29 is 14.2 Å². The van der Waals surface area contributed by atoms with E-state index in [9.17, 15) is 9.59 Å². The number of pyridine rings is 1. The zero-order valence-corrected chi connectivity index (χ0v) is 8.89. The number of nitrogens with zero attached hydrogens (tertiary/aromatic N) is 3. The van der Waals surface area contributed by atoms with Crippen molar-refractivity contribution in [3.05, 3.63) is 29.6 Å². The van der Waals surface area contributed by atoms with Gasteiger partial charge in [0, 0.05) is 0 Å². The molecule has 17 heavy (non-hydrogen) atoms. The maximum Gasteiger partial charge on any atom is 0.270 e. The van der Waals surface area contributed by atoms with Gasteiger partial charge in [0.25, 0.3) is 11.8 Å². The lowest BCUT2D eigenvalue weighted by Crippen LogP contribution is -2.33. The molecular formula is C10H8N5O2+. The van der Waals surface area contributed by atoms with E-state index in [4.69, 9.17) is 10.5 Å². The van der Waals surface area contributed by atoms with E-state index < -0.39 is 11.8 Å². The Morgan fingerprint density at radius 1 is 1.12 bits per heavy atom. The van der Waals surface area contributed by atoms with E-state index in [-0.39, 0.29) is 11.1 Å². The van der Waals surface area contributed by atoms with Gasteiger partial charge in [0.2, 0.25) is 0 Å². The monoisotopic (exact) mass is 230 g/mol. The Morgan fingerprint density at radius 2 is 1.53 bits per heavy atom. The van der Waals surface area contributed by atoms with Gasteiger partial charge in [0.15, 0.2) is 24.8 Å². The molecule has 0 aliphatic rings. The lowest BCUT2D eigenvalue weighted by atomic mass is 10.2. The summed E-state index contributed by atoms with van der Waals surface area (Å²) in [6.45, 7) is 0. The number of nitrogens with one attached hydrogen (secondary N) is 2. The van der Waals surface area contributed by atoms with Gasteiger partial charge < -0.3 is 0 Å². The molecule has 7 heteroatoms. The second-order valence-electron chi connectivity index (χ2n) is 3.11. The number of hydrogen-bond donors (Lipinski definition) is 2. The summed E-state index contributed by atoms with van der Waals surface area (Å²) in [7, 11) is 1.62. The van der Waals surface area contributed by atoms with E-state index >= 15 is 0 Å². The number of amides is 2. The second kappa shape index (κ2) is 5.24. The topological polar surface area (TPSA) is 110 Å². The Bertz CT molecular complexity index is 507. The summed E-state index contributed by atoms with van der Waals surface area (Å²) in [5.74, 6) is -1.23. The second-order valence-corrected chi connectivity index (χ2v) is 3.11. The van der Waals surface area contributed by atoms with Crippen LogP contribution in [0.15, 0.2) is 18.5 Å². The molecule has 0 atom stereocenters. The van der Waals surface area contributed by atoms with Crippen LogP contribution in [0.2, 0.25) is 0 Å². The average molecular weight is 230 g/mol. The molecule has 0 unspecified atom stereocenters. The van der Waals surface area contributed by atoms with Crippen LogP contribution in [0, 0.1) is 22.9 Å². The molecule has 1 heterocycles. The highest BCUT2D eigenvalue weighted by Crippen LogP contribution is 2.01. The minimum Gasteiger partial charge on any atom is -0.268 e. The lowest BCUT2D eigenvalue weighted by molar-refractivity contribution is -0.671. The summed E-state index contributed by atoms with van der Waals surface area (Å²) >= 11 is 0. The minimum atomic E-state index is -0.616. The molecule has 0 aliphatic heterocycles. The molecule has 0 radical (unpaired) electrons. The Labute approximate surface area is 96.9 Å². The number of aromatic nitrogens is 1. The predicted molar refractivity (Wildman–Crippen MR) is 53.8 cm³/mol. The van der Waals surface area contributed by atoms with Crippen LogP contribution in [0.1, 0.15) is 20.7 Å². The molecule has 0 spiro atoms. The molecular weight excluding hydrogens is 222 g/mol. The van der Waals surface area contributed by atoms with Gasteiger partial charge in [-0.15, -0.1) is 0 Å². The smallest absolute Gasteiger partial charge is 0.268 e. The Balaban J connectivity index is 3.12. The SMILES string of the molecule is C[n+]1cc(C(=O)NC#N)cc(C(=O)NC#N)c1. The molecule has 1 aromatic heterocycles. The molecule has 1 aromatic rings. The zero-order valence-electron chi connectivity index (χ0n) is 8.89. The molecule has 1 rings (SSSR count). The van der Waals surface area contributed by atoms with Gasteiger partial charge in [-0.3, -0.25) is 20.2 Å². The number of aryl methyl sites for hydroxylation is 1. The third-order valence-electron chi connectivity index (χ3n) is 1.86. The highest BCUT2D eigenvalue weighted by atomic mass is 16.2. The Hall–Kier alpha value is -2.93. The zero-order chi connectivity index (χ0) is 12.8. The molecule has 0 fully saturated rings. The third-order valence-corrected chi connectivity index (χ3v) is 1.86. The number of rotatable bonds is 2. The molecule has 2 amide bonds. The average Bonchev–Trinajstić information content (AvgIpc) is 2.29. The van der Waals surface area contributed by atoms with Crippen molar-refractivity contribution in [3.8, 4) is 12.4 Å². The molecule has 7 nitrogen and oxygen atoms in total. The summed E-state index contributed by atoms with van der Waals surface area (Å²) in [5.41, 5.74) is 0.305.